The van der Waals surface area contributed by atoms with Gasteiger partial charge in [-0.1, -0.05) is 6.07 Å². The topological polar surface area (TPSA) is 54.6 Å². The van der Waals surface area contributed by atoms with Crippen molar-refractivity contribution in [3.8, 4) is 0 Å². The Bertz CT molecular complexity index is 325. The summed E-state index contributed by atoms with van der Waals surface area (Å²) in [5.74, 6) is 1.08. The summed E-state index contributed by atoms with van der Waals surface area (Å²) in [6.07, 6.45) is 1.85. The van der Waals surface area contributed by atoms with E-state index in [1.54, 1.807) is 0 Å². The van der Waals surface area contributed by atoms with Crippen LogP contribution in [0.2, 0.25) is 0 Å². The fraction of sp³-hybridized carbons (Fsp3) is 0.615. The molecule has 0 atom stereocenters. The van der Waals surface area contributed by atoms with Crippen LogP contribution < -0.4 is 10.6 Å². The Morgan fingerprint density at radius 1 is 1.17 bits per heavy atom. The molecule has 1 aromatic heterocycles. The molecule has 0 unspecified atom stereocenters. The molecule has 0 spiro atoms. The van der Waals surface area contributed by atoms with Crippen molar-refractivity contribution >= 4 is 5.82 Å². The van der Waals surface area contributed by atoms with Crippen molar-refractivity contribution in [3.63, 3.8) is 0 Å². The first kappa shape index (κ1) is 13.3. The first-order valence-corrected chi connectivity index (χ1v) is 6.56. The van der Waals surface area contributed by atoms with E-state index in [-0.39, 0.29) is 0 Å². The Labute approximate surface area is 109 Å². The van der Waals surface area contributed by atoms with Gasteiger partial charge >= 0.3 is 0 Å². The minimum Gasteiger partial charge on any atom is -0.379 e. The predicted octanol–water partition coefficient (Wildman–Crippen LogP) is 0.179. The highest BCUT2D eigenvalue weighted by molar-refractivity contribution is 5.38. The number of ether oxygens (including phenoxy) is 1. The number of anilines is 1. The van der Waals surface area contributed by atoms with Gasteiger partial charge in [0.2, 0.25) is 0 Å². The highest BCUT2D eigenvalue weighted by Gasteiger charge is 2.17. The van der Waals surface area contributed by atoms with Crippen molar-refractivity contribution in [2.24, 2.45) is 5.73 Å². The van der Waals surface area contributed by atoms with Crippen molar-refractivity contribution in [2.75, 3.05) is 57.4 Å². The molecule has 5 nitrogen and oxygen atoms in total. The smallest absolute Gasteiger partial charge is 0.128 e. The van der Waals surface area contributed by atoms with Gasteiger partial charge in [-0.2, -0.15) is 0 Å². The van der Waals surface area contributed by atoms with Crippen molar-refractivity contribution in [1.82, 2.24) is 9.88 Å². The van der Waals surface area contributed by atoms with Gasteiger partial charge in [0, 0.05) is 45.5 Å². The zero-order valence-corrected chi connectivity index (χ0v) is 10.8. The van der Waals surface area contributed by atoms with Crippen molar-refractivity contribution in [2.45, 2.75) is 0 Å². The number of rotatable bonds is 6. The average Bonchev–Trinajstić information content (AvgIpc) is 2.45. The summed E-state index contributed by atoms with van der Waals surface area (Å²) < 4.78 is 5.40. The lowest BCUT2D eigenvalue weighted by atomic mass is 10.3. The second-order valence-electron chi connectivity index (χ2n) is 4.42. The number of pyridine rings is 1. The van der Waals surface area contributed by atoms with Gasteiger partial charge in [-0.05, 0) is 12.1 Å². The number of aromatic nitrogens is 1. The lowest BCUT2D eigenvalue weighted by Crippen LogP contribution is -2.47. The molecule has 2 N–H and O–H groups in total. The van der Waals surface area contributed by atoms with E-state index < -0.39 is 0 Å². The third kappa shape index (κ3) is 3.94. The summed E-state index contributed by atoms with van der Waals surface area (Å²) in [5.41, 5.74) is 5.38. The lowest BCUT2D eigenvalue weighted by molar-refractivity contribution is 0.107. The van der Waals surface area contributed by atoms with E-state index in [4.69, 9.17) is 10.5 Å². The lowest BCUT2D eigenvalue weighted by Gasteiger charge is -2.35. The second-order valence-corrected chi connectivity index (χ2v) is 4.42. The Morgan fingerprint density at radius 2 is 2.00 bits per heavy atom. The van der Waals surface area contributed by atoms with Crippen LogP contribution in [0.3, 0.4) is 0 Å². The molecule has 0 saturated carbocycles. The second kappa shape index (κ2) is 7.31. The Morgan fingerprint density at radius 3 is 2.67 bits per heavy atom. The number of piperazine rings is 1. The first-order chi connectivity index (χ1) is 8.90. The Kier molecular flexibility index (Phi) is 5.38. The van der Waals surface area contributed by atoms with Gasteiger partial charge < -0.3 is 15.4 Å². The molecular formula is C13H22N4O. The van der Waals surface area contributed by atoms with Crippen LogP contribution in [0.15, 0.2) is 24.4 Å². The Hall–Kier alpha value is -1.17. The van der Waals surface area contributed by atoms with Crippen LogP contribution in [-0.4, -0.2) is 62.4 Å². The molecule has 1 aliphatic rings. The van der Waals surface area contributed by atoms with Crippen LogP contribution in [0.4, 0.5) is 5.82 Å². The van der Waals surface area contributed by atoms with Gasteiger partial charge in [-0.25, -0.2) is 4.98 Å². The van der Waals surface area contributed by atoms with Crippen molar-refractivity contribution in [3.05, 3.63) is 24.4 Å². The van der Waals surface area contributed by atoms with Gasteiger partial charge in [0.1, 0.15) is 5.82 Å². The van der Waals surface area contributed by atoms with Crippen LogP contribution >= 0.6 is 0 Å². The van der Waals surface area contributed by atoms with E-state index in [1.807, 2.05) is 18.3 Å². The summed E-state index contributed by atoms with van der Waals surface area (Å²) in [6.45, 7) is 7.26. The quantitative estimate of drug-likeness (QED) is 0.730. The van der Waals surface area contributed by atoms with Crippen LogP contribution in [-0.2, 0) is 4.74 Å². The summed E-state index contributed by atoms with van der Waals surface area (Å²) in [4.78, 5) is 9.14. The highest BCUT2D eigenvalue weighted by atomic mass is 16.5. The molecule has 0 amide bonds. The normalized spacial score (nSPS) is 17.1. The van der Waals surface area contributed by atoms with E-state index in [0.717, 1.165) is 45.1 Å². The van der Waals surface area contributed by atoms with Gasteiger partial charge in [0.05, 0.1) is 13.2 Å². The molecule has 0 aromatic carbocycles. The maximum Gasteiger partial charge on any atom is 0.128 e. The highest BCUT2D eigenvalue weighted by Crippen LogP contribution is 2.11. The molecule has 0 aliphatic carbocycles. The van der Waals surface area contributed by atoms with E-state index in [0.29, 0.717) is 13.2 Å². The van der Waals surface area contributed by atoms with E-state index in [9.17, 15) is 0 Å². The zero-order valence-electron chi connectivity index (χ0n) is 10.8. The van der Waals surface area contributed by atoms with Crippen molar-refractivity contribution < 1.29 is 4.74 Å². The molecular weight excluding hydrogens is 228 g/mol. The van der Waals surface area contributed by atoms with E-state index in [2.05, 4.69) is 20.9 Å². The molecule has 0 radical (unpaired) electrons. The molecule has 1 fully saturated rings. The van der Waals surface area contributed by atoms with Crippen LogP contribution in [0.5, 0.6) is 0 Å². The van der Waals surface area contributed by atoms with Crippen molar-refractivity contribution in [1.29, 1.82) is 0 Å². The third-order valence-electron chi connectivity index (χ3n) is 3.16. The third-order valence-corrected chi connectivity index (χ3v) is 3.16. The van der Waals surface area contributed by atoms with Crippen LogP contribution in [0.25, 0.3) is 0 Å². The van der Waals surface area contributed by atoms with E-state index >= 15 is 0 Å². The van der Waals surface area contributed by atoms with Gasteiger partial charge in [-0.15, -0.1) is 0 Å². The summed E-state index contributed by atoms with van der Waals surface area (Å²) >= 11 is 0. The first-order valence-electron chi connectivity index (χ1n) is 6.56. The summed E-state index contributed by atoms with van der Waals surface area (Å²) in [6, 6.07) is 6.06. The largest absolute Gasteiger partial charge is 0.379 e. The standard InChI is InChI=1S/C13H22N4O/c14-4-11-18-12-10-16-6-8-17(9-7-16)13-3-1-2-5-15-13/h1-3,5H,4,6-12,14H2. The molecule has 0 bridgehead atoms. The SMILES string of the molecule is NCCOCCN1CCN(c2ccccn2)CC1. The summed E-state index contributed by atoms with van der Waals surface area (Å²) in [7, 11) is 0. The van der Waals surface area contributed by atoms with Gasteiger partial charge in [-0.3, -0.25) is 4.90 Å². The number of nitrogens with zero attached hydrogens (tertiary/aromatic N) is 3. The molecule has 1 aromatic rings. The predicted molar refractivity (Wildman–Crippen MR) is 72.8 cm³/mol. The minimum atomic E-state index is 0.605. The molecule has 1 aliphatic heterocycles. The zero-order chi connectivity index (χ0) is 12.6. The van der Waals surface area contributed by atoms with Crippen LogP contribution in [0, 0.1) is 0 Å². The Balaban J connectivity index is 1.68. The maximum atomic E-state index is 5.40. The molecule has 2 heterocycles. The molecule has 5 heteroatoms. The molecule has 18 heavy (non-hydrogen) atoms. The van der Waals surface area contributed by atoms with Gasteiger partial charge in [0.15, 0.2) is 0 Å². The number of nitrogens with two attached hydrogens (primary N) is 1. The monoisotopic (exact) mass is 250 g/mol. The fourth-order valence-corrected chi connectivity index (χ4v) is 2.12. The molecule has 100 valence electrons. The number of hydrogen-bond donors (Lipinski definition) is 1. The maximum absolute atomic E-state index is 5.40. The van der Waals surface area contributed by atoms with Crippen LogP contribution in [0.1, 0.15) is 0 Å². The number of hydrogen-bond acceptors (Lipinski definition) is 5. The fourth-order valence-electron chi connectivity index (χ4n) is 2.12. The van der Waals surface area contributed by atoms with E-state index in [1.165, 1.54) is 0 Å². The van der Waals surface area contributed by atoms with Gasteiger partial charge in [0.25, 0.3) is 0 Å². The molecule has 2 rings (SSSR count). The average molecular weight is 250 g/mol. The molecule has 1 saturated heterocycles. The summed E-state index contributed by atoms with van der Waals surface area (Å²) in [5, 5.41) is 0. The minimum absolute atomic E-state index is 0.605.